The average Bonchev–Trinajstić information content (AvgIpc) is 2.55. The molecule has 1 heterocycles. The van der Waals surface area contributed by atoms with Crippen LogP contribution in [-0.4, -0.2) is 55.5 Å². The van der Waals surface area contributed by atoms with Crippen molar-refractivity contribution in [3.63, 3.8) is 0 Å². The van der Waals surface area contributed by atoms with E-state index in [0.29, 0.717) is 25.9 Å². The monoisotopic (exact) mass is 346 g/mol. The predicted molar refractivity (Wildman–Crippen MR) is 82.5 cm³/mol. The highest BCUT2D eigenvalue weighted by Gasteiger charge is 2.31. The summed E-state index contributed by atoms with van der Waals surface area (Å²) in [5.74, 6) is -1.97. The molecule has 0 aliphatic carbocycles. The molecule has 0 atom stereocenters. The summed E-state index contributed by atoms with van der Waals surface area (Å²) in [5, 5.41) is 0. The highest BCUT2D eigenvalue weighted by molar-refractivity contribution is 7.89. The van der Waals surface area contributed by atoms with Crippen LogP contribution in [0.2, 0.25) is 0 Å². The second-order valence-electron chi connectivity index (χ2n) is 5.56. The summed E-state index contributed by atoms with van der Waals surface area (Å²) >= 11 is 0. The van der Waals surface area contributed by atoms with Crippen molar-refractivity contribution >= 4 is 15.9 Å². The quantitative estimate of drug-likeness (QED) is 0.836. The van der Waals surface area contributed by atoms with E-state index >= 15 is 0 Å². The van der Waals surface area contributed by atoms with Crippen LogP contribution in [0.4, 0.5) is 8.78 Å². The number of hydrogen-bond donors (Lipinski definition) is 0. The minimum Gasteiger partial charge on any atom is -0.338 e. The SMILES string of the molecule is CCS(=O)(=O)N(C)C1CCN(C(=O)c2cc(F)ccc2F)CC1. The maximum Gasteiger partial charge on any atom is 0.256 e. The first-order valence-corrected chi connectivity index (χ1v) is 9.07. The van der Waals surface area contributed by atoms with E-state index in [0.717, 1.165) is 18.2 Å². The smallest absolute Gasteiger partial charge is 0.256 e. The van der Waals surface area contributed by atoms with E-state index in [-0.39, 0.29) is 17.4 Å². The molecule has 0 bridgehead atoms. The number of nitrogens with zero attached hydrogens (tertiary/aromatic N) is 2. The first-order chi connectivity index (χ1) is 10.8. The van der Waals surface area contributed by atoms with Crippen LogP contribution in [0, 0.1) is 11.6 Å². The summed E-state index contributed by atoms with van der Waals surface area (Å²) in [6.07, 6.45) is 0.941. The van der Waals surface area contributed by atoms with E-state index in [1.165, 1.54) is 16.3 Å². The molecule has 0 saturated carbocycles. The zero-order valence-electron chi connectivity index (χ0n) is 13.1. The van der Waals surface area contributed by atoms with E-state index in [4.69, 9.17) is 0 Å². The van der Waals surface area contributed by atoms with E-state index in [2.05, 4.69) is 0 Å². The second kappa shape index (κ2) is 6.92. The summed E-state index contributed by atoms with van der Waals surface area (Å²) in [7, 11) is -1.74. The fourth-order valence-corrected chi connectivity index (χ4v) is 3.77. The number of rotatable bonds is 4. The van der Waals surface area contributed by atoms with Crippen LogP contribution >= 0.6 is 0 Å². The van der Waals surface area contributed by atoms with Gasteiger partial charge in [-0.05, 0) is 38.0 Å². The third kappa shape index (κ3) is 3.87. The van der Waals surface area contributed by atoms with Crippen LogP contribution in [0.25, 0.3) is 0 Å². The molecule has 1 aliphatic rings. The second-order valence-corrected chi connectivity index (χ2v) is 7.88. The number of halogens is 2. The van der Waals surface area contributed by atoms with Crippen molar-refractivity contribution in [1.29, 1.82) is 0 Å². The Morgan fingerprint density at radius 3 is 2.48 bits per heavy atom. The van der Waals surface area contributed by atoms with E-state index < -0.39 is 27.6 Å². The number of hydrogen-bond acceptors (Lipinski definition) is 3. The fourth-order valence-electron chi connectivity index (χ4n) is 2.70. The van der Waals surface area contributed by atoms with Gasteiger partial charge in [0.1, 0.15) is 11.6 Å². The molecule has 0 radical (unpaired) electrons. The van der Waals surface area contributed by atoms with Gasteiger partial charge < -0.3 is 4.90 Å². The van der Waals surface area contributed by atoms with Gasteiger partial charge in [0, 0.05) is 26.2 Å². The predicted octanol–water partition coefficient (Wildman–Crippen LogP) is 1.85. The zero-order chi connectivity index (χ0) is 17.2. The molecule has 128 valence electrons. The van der Waals surface area contributed by atoms with Gasteiger partial charge in [-0.3, -0.25) is 4.79 Å². The van der Waals surface area contributed by atoms with Crippen molar-refractivity contribution in [3.8, 4) is 0 Å². The van der Waals surface area contributed by atoms with Gasteiger partial charge >= 0.3 is 0 Å². The lowest BCUT2D eigenvalue weighted by molar-refractivity contribution is 0.0681. The Hall–Kier alpha value is -1.54. The maximum atomic E-state index is 13.7. The molecule has 5 nitrogen and oxygen atoms in total. The van der Waals surface area contributed by atoms with Crippen molar-refractivity contribution in [2.24, 2.45) is 0 Å². The van der Waals surface area contributed by atoms with Gasteiger partial charge in [0.05, 0.1) is 11.3 Å². The summed E-state index contributed by atoms with van der Waals surface area (Å²) in [6, 6.07) is 2.60. The van der Waals surface area contributed by atoms with Crippen molar-refractivity contribution in [3.05, 3.63) is 35.4 Å². The summed E-state index contributed by atoms with van der Waals surface area (Å²) in [6.45, 7) is 2.20. The van der Waals surface area contributed by atoms with Crippen LogP contribution in [0.5, 0.6) is 0 Å². The molecule has 0 N–H and O–H groups in total. The normalized spacial score (nSPS) is 16.8. The van der Waals surface area contributed by atoms with Gasteiger partial charge in [0.25, 0.3) is 5.91 Å². The number of amides is 1. The lowest BCUT2D eigenvalue weighted by atomic mass is 10.0. The van der Waals surface area contributed by atoms with Gasteiger partial charge in [-0.15, -0.1) is 0 Å². The van der Waals surface area contributed by atoms with Gasteiger partial charge in [-0.1, -0.05) is 0 Å². The molecule has 1 aliphatic heterocycles. The zero-order valence-corrected chi connectivity index (χ0v) is 13.9. The molecule has 8 heteroatoms. The number of carbonyl (C=O) groups is 1. The highest BCUT2D eigenvalue weighted by Crippen LogP contribution is 2.21. The Bertz CT molecular complexity index is 686. The first kappa shape index (κ1) is 17.8. The van der Waals surface area contributed by atoms with Crippen LogP contribution in [0.3, 0.4) is 0 Å². The molecule has 1 amide bonds. The molecule has 0 aromatic heterocycles. The molecular formula is C15H20F2N2O3S. The van der Waals surface area contributed by atoms with Gasteiger partial charge in [0.2, 0.25) is 10.0 Å². The molecular weight excluding hydrogens is 326 g/mol. The molecule has 1 aromatic rings. The molecule has 1 fully saturated rings. The van der Waals surface area contributed by atoms with E-state index in [9.17, 15) is 22.0 Å². The van der Waals surface area contributed by atoms with Crippen molar-refractivity contribution < 1.29 is 22.0 Å². The molecule has 1 saturated heterocycles. The van der Waals surface area contributed by atoms with Gasteiger partial charge in [-0.2, -0.15) is 0 Å². The lowest BCUT2D eigenvalue weighted by Gasteiger charge is -2.36. The largest absolute Gasteiger partial charge is 0.338 e. The Balaban J connectivity index is 2.04. The minimum atomic E-state index is -3.28. The van der Waals surface area contributed by atoms with Crippen molar-refractivity contribution in [2.75, 3.05) is 25.9 Å². The Morgan fingerprint density at radius 1 is 1.30 bits per heavy atom. The summed E-state index contributed by atoms with van der Waals surface area (Å²) in [5.41, 5.74) is -0.294. The minimum absolute atomic E-state index is 0.0249. The number of benzene rings is 1. The number of sulfonamides is 1. The third-order valence-corrected chi connectivity index (χ3v) is 6.13. The Morgan fingerprint density at radius 2 is 1.91 bits per heavy atom. The van der Waals surface area contributed by atoms with E-state index in [1.54, 1.807) is 6.92 Å². The lowest BCUT2D eigenvalue weighted by Crippen LogP contribution is -2.47. The first-order valence-electron chi connectivity index (χ1n) is 7.46. The van der Waals surface area contributed by atoms with Gasteiger partial charge in [-0.25, -0.2) is 21.5 Å². The molecule has 2 rings (SSSR count). The van der Waals surface area contributed by atoms with Gasteiger partial charge in [0.15, 0.2) is 0 Å². The van der Waals surface area contributed by atoms with Crippen LogP contribution in [0.15, 0.2) is 18.2 Å². The van der Waals surface area contributed by atoms with Crippen molar-refractivity contribution in [2.45, 2.75) is 25.8 Å². The number of likely N-dealkylation sites (tertiary alicyclic amines) is 1. The Kier molecular flexibility index (Phi) is 5.36. The summed E-state index contributed by atoms with van der Waals surface area (Å²) in [4.78, 5) is 13.7. The molecule has 0 spiro atoms. The van der Waals surface area contributed by atoms with Crippen LogP contribution < -0.4 is 0 Å². The topological polar surface area (TPSA) is 57.7 Å². The molecule has 1 aromatic carbocycles. The molecule has 0 unspecified atom stereocenters. The number of piperidine rings is 1. The standard InChI is InChI=1S/C15H20F2N2O3S/c1-3-23(21,22)18(2)12-6-8-19(9-7-12)15(20)13-10-11(16)4-5-14(13)17/h4-5,10,12H,3,6-9H2,1-2H3. The maximum absolute atomic E-state index is 13.7. The number of carbonyl (C=O) groups excluding carboxylic acids is 1. The van der Waals surface area contributed by atoms with Crippen LogP contribution in [0.1, 0.15) is 30.1 Å². The summed E-state index contributed by atoms with van der Waals surface area (Å²) < 4.78 is 52.0. The molecule has 23 heavy (non-hydrogen) atoms. The Labute approximate surface area is 134 Å². The van der Waals surface area contributed by atoms with Crippen molar-refractivity contribution in [1.82, 2.24) is 9.21 Å². The van der Waals surface area contributed by atoms with Crippen LogP contribution in [-0.2, 0) is 10.0 Å². The fraction of sp³-hybridized carbons (Fsp3) is 0.533. The average molecular weight is 346 g/mol. The van der Waals surface area contributed by atoms with E-state index in [1.807, 2.05) is 0 Å². The highest BCUT2D eigenvalue weighted by atomic mass is 32.2. The third-order valence-electron chi connectivity index (χ3n) is 4.23.